The molecule has 0 bridgehead atoms. The van der Waals surface area contributed by atoms with Crippen LogP contribution in [0, 0.1) is 0 Å². The predicted octanol–water partition coefficient (Wildman–Crippen LogP) is 4.40. The molecular formula is C21H17N3O2. The number of hydrazone groups is 1. The van der Waals surface area contributed by atoms with Gasteiger partial charge in [-0.25, -0.2) is 4.79 Å². The van der Waals surface area contributed by atoms with E-state index in [-0.39, 0.29) is 5.56 Å². The first-order valence-electron chi connectivity index (χ1n) is 8.02. The summed E-state index contributed by atoms with van der Waals surface area (Å²) in [5.74, 6) is -0.941. The second kappa shape index (κ2) is 8.39. The van der Waals surface area contributed by atoms with Crippen LogP contribution in [0.3, 0.4) is 0 Å². The minimum absolute atomic E-state index is 0.254. The number of carbonyl (C=O) groups is 1. The Bertz CT molecular complexity index is 916. The van der Waals surface area contributed by atoms with Gasteiger partial charge in [-0.05, 0) is 53.6 Å². The van der Waals surface area contributed by atoms with Crippen LogP contribution in [0.1, 0.15) is 27.2 Å². The Balaban J connectivity index is 1.57. The van der Waals surface area contributed by atoms with Crippen LogP contribution < -0.4 is 5.43 Å². The minimum atomic E-state index is -0.941. The standard InChI is InChI=1S/C21H17N3O2/c25-21(26)18-9-4-17(5-10-18)15-23-24-20-12-7-16(8-13-20)6-11-19-3-1-2-14-22-19/h1-15,24H,(H,25,26)/b11-6+,23-15+. The molecule has 0 atom stereocenters. The number of nitrogens with one attached hydrogen (secondary N) is 1. The fourth-order valence-electron chi connectivity index (χ4n) is 2.22. The molecule has 3 aromatic rings. The average molecular weight is 343 g/mol. The van der Waals surface area contributed by atoms with Gasteiger partial charge in [-0.3, -0.25) is 10.4 Å². The number of anilines is 1. The number of carboxylic acids is 1. The summed E-state index contributed by atoms with van der Waals surface area (Å²) in [5.41, 5.74) is 6.85. The summed E-state index contributed by atoms with van der Waals surface area (Å²) in [6.07, 6.45) is 7.36. The van der Waals surface area contributed by atoms with Crippen molar-refractivity contribution in [2.75, 3.05) is 5.43 Å². The van der Waals surface area contributed by atoms with Crippen molar-refractivity contribution < 1.29 is 9.90 Å². The number of hydrogen-bond acceptors (Lipinski definition) is 4. The summed E-state index contributed by atoms with van der Waals surface area (Å²) in [5, 5.41) is 13.0. The van der Waals surface area contributed by atoms with Crippen molar-refractivity contribution in [2.45, 2.75) is 0 Å². The molecule has 1 heterocycles. The summed E-state index contributed by atoms with van der Waals surface area (Å²) >= 11 is 0. The van der Waals surface area contributed by atoms with Crippen LogP contribution in [0.25, 0.3) is 12.2 Å². The van der Waals surface area contributed by atoms with E-state index in [9.17, 15) is 4.79 Å². The molecule has 0 aliphatic heterocycles. The van der Waals surface area contributed by atoms with Gasteiger partial charge in [0.25, 0.3) is 0 Å². The Kier molecular flexibility index (Phi) is 5.52. The maximum Gasteiger partial charge on any atom is 0.335 e. The molecule has 128 valence electrons. The third-order valence-corrected chi connectivity index (χ3v) is 3.61. The van der Waals surface area contributed by atoms with Gasteiger partial charge < -0.3 is 5.11 Å². The zero-order valence-corrected chi connectivity index (χ0v) is 13.9. The lowest BCUT2D eigenvalue weighted by Crippen LogP contribution is -1.96. The van der Waals surface area contributed by atoms with Gasteiger partial charge in [0.2, 0.25) is 0 Å². The van der Waals surface area contributed by atoms with Crippen LogP contribution in [0.4, 0.5) is 5.69 Å². The van der Waals surface area contributed by atoms with Gasteiger partial charge in [0.05, 0.1) is 23.2 Å². The first-order chi connectivity index (χ1) is 12.7. The Labute approximate surface area is 151 Å². The monoisotopic (exact) mass is 343 g/mol. The lowest BCUT2D eigenvalue weighted by atomic mass is 10.1. The number of aromatic nitrogens is 1. The quantitative estimate of drug-likeness (QED) is 0.514. The van der Waals surface area contributed by atoms with Gasteiger partial charge in [0, 0.05) is 6.20 Å². The second-order valence-electron chi connectivity index (χ2n) is 5.51. The molecule has 5 heteroatoms. The Morgan fingerprint density at radius 2 is 1.65 bits per heavy atom. The summed E-state index contributed by atoms with van der Waals surface area (Å²) < 4.78 is 0. The van der Waals surface area contributed by atoms with E-state index in [1.54, 1.807) is 36.7 Å². The van der Waals surface area contributed by atoms with Crippen molar-refractivity contribution in [2.24, 2.45) is 5.10 Å². The lowest BCUT2D eigenvalue weighted by Gasteiger charge is -2.01. The van der Waals surface area contributed by atoms with E-state index in [1.165, 1.54) is 0 Å². The van der Waals surface area contributed by atoms with Crippen LogP contribution in [-0.4, -0.2) is 22.3 Å². The number of rotatable bonds is 6. The highest BCUT2D eigenvalue weighted by Crippen LogP contribution is 2.12. The number of benzene rings is 2. The van der Waals surface area contributed by atoms with Crippen molar-refractivity contribution in [3.05, 3.63) is 95.3 Å². The van der Waals surface area contributed by atoms with E-state index < -0.39 is 5.97 Å². The molecule has 0 fully saturated rings. The van der Waals surface area contributed by atoms with Crippen molar-refractivity contribution in [1.82, 2.24) is 4.98 Å². The van der Waals surface area contributed by atoms with E-state index >= 15 is 0 Å². The van der Waals surface area contributed by atoms with Crippen LogP contribution in [0.5, 0.6) is 0 Å². The third-order valence-electron chi connectivity index (χ3n) is 3.61. The smallest absolute Gasteiger partial charge is 0.335 e. The fraction of sp³-hybridized carbons (Fsp3) is 0. The SMILES string of the molecule is O=C(O)c1ccc(/C=N/Nc2ccc(/C=C/c3ccccn3)cc2)cc1. The molecule has 0 spiro atoms. The lowest BCUT2D eigenvalue weighted by molar-refractivity contribution is 0.0697. The van der Waals surface area contributed by atoms with Gasteiger partial charge in [0.1, 0.15) is 0 Å². The average Bonchev–Trinajstić information content (AvgIpc) is 2.68. The highest BCUT2D eigenvalue weighted by molar-refractivity contribution is 5.89. The van der Waals surface area contributed by atoms with Gasteiger partial charge in [-0.15, -0.1) is 0 Å². The maximum absolute atomic E-state index is 10.8. The molecule has 2 aromatic carbocycles. The van der Waals surface area contributed by atoms with Crippen molar-refractivity contribution in [3.63, 3.8) is 0 Å². The highest BCUT2D eigenvalue weighted by Gasteiger charge is 2.00. The van der Waals surface area contributed by atoms with Crippen LogP contribution >= 0.6 is 0 Å². The van der Waals surface area contributed by atoms with Gasteiger partial charge in [0.15, 0.2) is 0 Å². The van der Waals surface area contributed by atoms with Crippen LogP contribution in [0.15, 0.2) is 78.0 Å². The molecule has 0 amide bonds. The van der Waals surface area contributed by atoms with Crippen molar-refractivity contribution in [1.29, 1.82) is 0 Å². The normalized spacial score (nSPS) is 11.1. The zero-order valence-electron chi connectivity index (χ0n) is 13.9. The number of carboxylic acid groups (broad SMARTS) is 1. The van der Waals surface area contributed by atoms with Gasteiger partial charge >= 0.3 is 5.97 Å². The second-order valence-corrected chi connectivity index (χ2v) is 5.51. The molecule has 0 saturated carbocycles. The van der Waals surface area contributed by atoms with Crippen LogP contribution in [0.2, 0.25) is 0 Å². The summed E-state index contributed by atoms with van der Waals surface area (Å²) in [6, 6.07) is 20.1. The molecule has 0 aliphatic carbocycles. The number of nitrogens with zero attached hydrogens (tertiary/aromatic N) is 2. The Morgan fingerprint density at radius 3 is 2.31 bits per heavy atom. The first kappa shape index (κ1) is 17.1. The minimum Gasteiger partial charge on any atom is -0.478 e. The number of aromatic carboxylic acids is 1. The van der Waals surface area contributed by atoms with Crippen molar-refractivity contribution >= 4 is 30.0 Å². The van der Waals surface area contributed by atoms with E-state index in [0.717, 1.165) is 22.5 Å². The molecule has 26 heavy (non-hydrogen) atoms. The van der Waals surface area contributed by atoms with E-state index in [2.05, 4.69) is 15.5 Å². The maximum atomic E-state index is 10.8. The molecule has 1 aromatic heterocycles. The van der Waals surface area contributed by atoms with Gasteiger partial charge in [-0.1, -0.05) is 36.4 Å². The van der Waals surface area contributed by atoms with Gasteiger partial charge in [-0.2, -0.15) is 5.10 Å². The van der Waals surface area contributed by atoms with Crippen LogP contribution in [-0.2, 0) is 0 Å². The molecule has 3 rings (SSSR count). The highest BCUT2D eigenvalue weighted by atomic mass is 16.4. The molecule has 2 N–H and O–H groups in total. The van der Waals surface area contributed by atoms with E-state index in [4.69, 9.17) is 5.11 Å². The Hall–Kier alpha value is -3.73. The number of pyridine rings is 1. The molecule has 0 saturated heterocycles. The predicted molar refractivity (Wildman–Crippen MR) is 104 cm³/mol. The largest absolute Gasteiger partial charge is 0.478 e. The zero-order chi connectivity index (χ0) is 18.2. The molecule has 0 aliphatic rings. The van der Waals surface area contributed by atoms with E-state index in [1.807, 2.05) is 54.6 Å². The first-order valence-corrected chi connectivity index (χ1v) is 8.02. The molecule has 0 radical (unpaired) electrons. The molecular weight excluding hydrogens is 326 g/mol. The summed E-state index contributed by atoms with van der Waals surface area (Å²) in [4.78, 5) is 15.1. The fourth-order valence-corrected chi connectivity index (χ4v) is 2.22. The topological polar surface area (TPSA) is 74.6 Å². The summed E-state index contributed by atoms with van der Waals surface area (Å²) in [6.45, 7) is 0. The third kappa shape index (κ3) is 4.88. The summed E-state index contributed by atoms with van der Waals surface area (Å²) in [7, 11) is 0. The molecule has 0 unspecified atom stereocenters. The Morgan fingerprint density at radius 1 is 0.923 bits per heavy atom. The van der Waals surface area contributed by atoms with E-state index in [0.29, 0.717) is 0 Å². The molecule has 5 nitrogen and oxygen atoms in total. The van der Waals surface area contributed by atoms with Crippen molar-refractivity contribution in [3.8, 4) is 0 Å². The number of hydrogen-bond donors (Lipinski definition) is 2.